The number of hydrogen-bond donors (Lipinski definition) is 3. The molecule has 8 heteroatoms. The molecule has 0 aromatic heterocycles. The highest BCUT2D eigenvalue weighted by Gasteiger charge is 2.23. The van der Waals surface area contributed by atoms with E-state index in [1.807, 2.05) is 18.2 Å². The van der Waals surface area contributed by atoms with Crippen LogP contribution < -0.4 is 20.1 Å². The Morgan fingerprint density at radius 1 is 1.06 bits per heavy atom. The molecule has 0 fully saturated rings. The molecule has 0 saturated heterocycles. The van der Waals surface area contributed by atoms with Crippen LogP contribution in [0, 0.1) is 5.92 Å². The maximum Gasteiger partial charge on any atom is 0.315 e. The number of rotatable bonds is 10. The molecule has 2 amide bonds. The maximum atomic E-state index is 12.7. The zero-order chi connectivity index (χ0) is 22.2. The van der Waals surface area contributed by atoms with E-state index in [-0.39, 0.29) is 31.2 Å². The number of aliphatic carboxylic acids is 1. The number of fused-ring (bicyclic) bond motifs is 1. The fraction of sp³-hybridized carbons (Fsp3) is 0.391. The average molecular weight is 445 g/mol. The van der Waals surface area contributed by atoms with Crippen molar-refractivity contribution in [3.63, 3.8) is 0 Å². The summed E-state index contributed by atoms with van der Waals surface area (Å²) in [5.41, 5.74) is 1.89. The first-order valence-electron chi connectivity index (χ1n) is 10.2. The quantitative estimate of drug-likeness (QED) is 0.509. The minimum atomic E-state index is -0.998. The van der Waals surface area contributed by atoms with E-state index in [0.717, 1.165) is 11.5 Å². The van der Waals surface area contributed by atoms with Crippen LogP contribution in [-0.4, -0.2) is 35.7 Å². The lowest BCUT2D eigenvalue weighted by Gasteiger charge is -2.25. The van der Waals surface area contributed by atoms with Gasteiger partial charge in [-0.05, 0) is 29.2 Å². The van der Waals surface area contributed by atoms with Crippen LogP contribution >= 0.6 is 11.8 Å². The first-order valence-corrected chi connectivity index (χ1v) is 11.4. The van der Waals surface area contributed by atoms with Crippen molar-refractivity contribution >= 4 is 23.8 Å². The summed E-state index contributed by atoms with van der Waals surface area (Å²) in [4.78, 5) is 24.1. The number of benzene rings is 2. The molecule has 2 aromatic rings. The summed E-state index contributed by atoms with van der Waals surface area (Å²) in [6, 6.07) is 14.3. The third-order valence-corrected chi connectivity index (χ3v) is 6.15. The summed E-state index contributed by atoms with van der Waals surface area (Å²) in [6.45, 7) is 4.24. The van der Waals surface area contributed by atoms with E-state index < -0.39 is 12.0 Å². The minimum absolute atomic E-state index is 0.0454. The summed E-state index contributed by atoms with van der Waals surface area (Å²) in [7, 11) is 0. The molecule has 3 rings (SSSR count). The lowest BCUT2D eigenvalue weighted by molar-refractivity contribution is -0.137. The van der Waals surface area contributed by atoms with E-state index in [1.54, 1.807) is 30.0 Å². The van der Waals surface area contributed by atoms with Crippen LogP contribution in [-0.2, 0) is 10.5 Å². The van der Waals surface area contributed by atoms with Gasteiger partial charge in [-0.25, -0.2) is 4.79 Å². The second-order valence-electron chi connectivity index (χ2n) is 7.73. The smallest absolute Gasteiger partial charge is 0.315 e. The van der Waals surface area contributed by atoms with E-state index in [9.17, 15) is 14.7 Å². The van der Waals surface area contributed by atoms with Gasteiger partial charge in [0.25, 0.3) is 0 Å². The van der Waals surface area contributed by atoms with E-state index >= 15 is 0 Å². The highest BCUT2D eigenvalue weighted by Crippen LogP contribution is 2.34. The van der Waals surface area contributed by atoms with Crippen molar-refractivity contribution in [1.29, 1.82) is 0 Å². The Morgan fingerprint density at radius 2 is 1.81 bits per heavy atom. The van der Waals surface area contributed by atoms with Crippen LogP contribution in [0.2, 0.25) is 0 Å². The Morgan fingerprint density at radius 3 is 2.52 bits per heavy atom. The number of urea groups is 1. The van der Waals surface area contributed by atoms with E-state index in [2.05, 4.69) is 36.6 Å². The molecule has 0 saturated carbocycles. The van der Waals surface area contributed by atoms with Crippen molar-refractivity contribution in [1.82, 2.24) is 10.6 Å². The van der Waals surface area contributed by atoms with Gasteiger partial charge in [-0.2, -0.15) is 11.8 Å². The molecule has 0 aliphatic carbocycles. The lowest BCUT2D eigenvalue weighted by atomic mass is 10.0. The molecule has 1 heterocycles. The summed E-state index contributed by atoms with van der Waals surface area (Å²) in [5.74, 6) is 2.02. The molecule has 1 aliphatic rings. The van der Waals surface area contributed by atoms with Gasteiger partial charge in [-0.3, -0.25) is 4.79 Å². The standard InChI is InChI=1S/C23H28N2O5S/c1-15(2)19(13-31-12-16-6-4-3-5-7-16)25-23(28)24-18(11-22(26)27)17-8-9-20-21(10-17)30-14-29-20/h3-10,15,18-19H,11-14H2,1-2H3,(H,26,27)(H2,24,25,28)/t18?,19-/m0/s1. The van der Waals surface area contributed by atoms with Crippen molar-refractivity contribution in [3.8, 4) is 11.5 Å². The normalized spacial score (nSPS) is 14.2. The fourth-order valence-corrected chi connectivity index (χ4v) is 4.47. The van der Waals surface area contributed by atoms with Gasteiger partial charge in [-0.15, -0.1) is 0 Å². The number of nitrogens with one attached hydrogen (secondary N) is 2. The third kappa shape index (κ3) is 6.82. The van der Waals surface area contributed by atoms with Gasteiger partial charge in [0, 0.05) is 17.5 Å². The first kappa shape index (κ1) is 22.8. The fourth-order valence-electron chi connectivity index (χ4n) is 3.20. The summed E-state index contributed by atoms with van der Waals surface area (Å²) < 4.78 is 10.7. The van der Waals surface area contributed by atoms with Gasteiger partial charge in [0.1, 0.15) is 0 Å². The van der Waals surface area contributed by atoms with Crippen LogP contribution in [0.3, 0.4) is 0 Å². The number of carboxylic acids is 1. The molecular weight excluding hydrogens is 416 g/mol. The molecule has 2 aromatic carbocycles. The molecule has 7 nitrogen and oxygen atoms in total. The summed E-state index contributed by atoms with van der Waals surface area (Å²) in [5, 5.41) is 15.1. The Kier molecular flexibility index (Phi) is 8.06. The molecule has 0 radical (unpaired) electrons. The van der Waals surface area contributed by atoms with Crippen LogP contribution in [0.1, 0.15) is 37.4 Å². The molecule has 0 spiro atoms. The van der Waals surface area contributed by atoms with Crippen LogP contribution in [0.5, 0.6) is 11.5 Å². The number of thioether (sulfide) groups is 1. The van der Waals surface area contributed by atoms with Gasteiger partial charge in [0.2, 0.25) is 6.79 Å². The van der Waals surface area contributed by atoms with Crippen LogP contribution in [0.4, 0.5) is 4.79 Å². The minimum Gasteiger partial charge on any atom is -0.481 e. The Bertz CT molecular complexity index is 891. The molecule has 166 valence electrons. The number of amides is 2. The predicted molar refractivity (Wildman–Crippen MR) is 120 cm³/mol. The zero-order valence-electron chi connectivity index (χ0n) is 17.7. The van der Waals surface area contributed by atoms with Gasteiger partial charge in [0.15, 0.2) is 11.5 Å². The Balaban J connectivity index is 1.59. The van der Waals surface area contributed by atoms with Gasteiger partial charge >= 0.3 is 12.0 Å². The number of hydrogen-bond acceptors (Lipinski definition) is 5. The number of carboxylic acid groups (broad SMARTS) is 1. The van der Waals surface area contributed by atoms with Crippen molar-refractivity contribution in [2.24, 2.45) is 5.92 Å². The topological polar surface area (TPSA) is 96.9 Å². The second kappa shape index (κ2) is 10.9. The second-order valence-corrected chi connectivity index (χ2v) is 8.76. The largest absolute Gasteiger partial charge is 0.481 e. The van der Waals surface area contributed by atoms with E-state index in [0.29, 0.717) is 17.1 Å². The van der Waals surface area contributed by atoms with E-state index in [1.165, 1.54) is 5.56 Å². The molecule has 1 aliphatic heterocycles. The Hall–Kier alpha value is -2.87. The number of carbonyl (C=O) groups excluding carboxylic acids is 1. The van der Waals surface area contributed by atoms with Crippen LogP contribution in [0.15, 0.2) is 48.5 Å². The highest BCUT2D eigenvalue weighted by atomic mass is 32.2. The molecule has 1 unspecified atom stereocenters. The zero-order valence-corrected chi connectivity index (χ0v) is 18.5. The Labute approximate surface area is 186 Å². The van der Waals surface area contributed by atoms with Crippen molar-refractivity contribution in [2.45, 2.75) is 38.1 Å². The van der Waals surface area contributed by atoms with Gasteiger partial charge in [-0.1, -0.05) is 50.2 Å². The predicted octanol–water partition coefficient (Wildman–Crippen LogP) is 4.19. The molecular formula is C23H28N2O5S. The highest BCUT2D eigenvalue weighted by molar-refractivity contribution is 7.98. The molecule has 2 atom stereocenters. The summed E-state index contributed by atoms with van der Waals surface area (Å²) in [6.07, 6.45) is -0.234. The molecule has 0 bridgehead atoms. The number of ether oxygens (including phenoxy) is 2. The van der Waals surface area contributed by atoms with Crippen molar-refractivity contribution < 1.29 is 24.2 Å². The van der Waals surface area contributed by atoms with E-state index in [4.69, 9.17) is 9.47 Å². The molecule has 31 heavy (non-hydrogen) atoms. The third-order valence-electron chi connectivity index (χ3n) is 5.01. The monoisotopic (exact) mass is 444 g/mol. The SMILES string of the molecule is CC(C)[C@H](CSCc1ccccc1)NC(=O)NC(CC(=O)O)c1ccc2c(c1)OCO2. The van der Waals surface area contributed by atoms with Crippen molar-refractivity contribution in [3.05, 3.63) is 59.7 Å². The van der Waals surface area contributed by atoms with Gasteiger partial charge < -0.3 is 25.2 Å². The average Bonchev–Trinajstić information content (AvgIpc) is 3.21. The first-order chi connectivity index (χ1) is 14.9. The number of carbonyl (C=O) groups is 2. The molecule has 3 N–H and O–H groups in total. The lowest BCUT2D eigenvalue weighted by Crippen LogP contribution is -2.47. The summed E-state index contributed by atoms with van der Waals surface area (Å²) >= 11 is 1.76. The maximum absolute atomic E-state index is 12.7. The van der Waals surface area contributed by atoms with Gasteiger partial charge in [0.05, 0.1) is 12.5 Å². The van der Waals surface area contributed by atoms with Crippen LogP contribution in [0.25, 0.3) is 0 Å². The van der Waals surface area contributed by atoms with Crippen molar-refractivity contribution in [2.75, 3.05) is 12.5 Å².